The van der Waals surface area contributed by atoms with Crippen LogP contribution >= 0.6 is 0 Å². The molecule has 1 heteroatoms. The molecule has 1 atom stereocenters. The van der Waals surface area contributed by atoms with E-state index in [1.165, 1.54) is 22.3 Å². The molecule has 0 aliphatic rings. The predicted octanol–water partition coefficient (Wildman–Crippen LogP) is 6.46. The van der Waals surface area contributed by atoms with Gasteiger partial charge in [0.15, 0.2) is 0 Å². The van der Waals surface area contributed by atoms with E-state index in [9.17, 15) is 0 Å². The molecule has 0 saturated carbocycles. The maximum atomic E-state index is 5.09. The summed E-state index contributed by atoms with van der Waals surface area (Å²) in [6.45, 7) is 8.42. The second-order valence-electron chi connectivity index (χ2n) is 6.02. The lowest BCUT2D eigenvalue weighted by Gasteiger charge is -2.15. The Bertz CT molecular complexity index is 718. The average Bonchev–Trinajstić information content (AvgIpc) is 2.62. The van der Waals surface area contributed by atoms with Gasteiger partial charge in [0.05, 0.1) is 11.8 Å². The van der Waals surface area contributed by atoms with Crippen LogP contribution < -0.4 is 0 Å². The van der Waals surface area contributed by atoms with Gasteiger partial charge in [-0.1, -0.05) is 78.4 Å². The van der Waals surface area contributed by atoms with Crippen molar-refractivity contribution >= 4 is 5.71 Å². The average molecular weight is 317 g/mol. The van der Waals surface area contributed by atoms with Gasteiger partial charge in [0.1, 0.15) is 0 Å². The van der Waals surface area contributed by atoms with Crippen LogP contribution in [0.25, 0.3) is 0 Å². The van der Waals surface area contributed by atoms with Gasteiger partial charge in [-0.25, -0.2) is 0 Å². The van der Waals surface area contributed by atoms with Crippen molar-refractivity contribution in [3.63, 3.8) is 0 Å². The standard InChI is InChI=1S/C23H27N/c1-5-7-11-20(6-2)23(22-16-14-18(3)15-17-22)24-19(4)21-12-9-8-10-13-21/h5-10,12-17,19H,11H2,1-4H3/b7-5+,20-6+,24-23?. The molecule has 2 aromatic carbocycles. The quantitative estimate of drug-likeness (QED) is 0.428. The number of allylic oxidation sites excluding steroid dienone is 4. The summed E-state index contributed by atoms with van der Waals surface area (Å²) in [5, 5.41) is 0. The molecule has 124 valence electrons. The minimum atomic E-state index is 0.128. The first-order valence-electron chi connectivity index (χ1n) is 8.62. The summed E-state index contributed by atoms with van der Waals surface area (Å²) < 4.78 is 0. The Morgan fingerprint density at radius 2 is 1.67 bits per heavy atom. The highest BCUT2D eigenvalue weighted by Crippen LogP contribution is 2.22. The summed E-state index contributed by atoms with van der Waals surface area (Å²) in [4.78, 5) is 5.09. The van der Waals surface area contributed by atoms with Crippen molar-refractivity contribution in [2.45, 2.75) is 40.2 Å². The molecular formula is C23H27N. The summed E-state index contributed by atoms with van der Waals surface area (Å²) in [5.74, 6) is 0. The molecule has 0 N–H and O–H groups in total. The number of benzene rings is 2. The van der Waals surface area contributed by atoms with Gasteiger partial charge in [-0.3, -0.25) is 4.99 Å². The number of nitrogens with zero attached hydrogens (tertiary/aromatic N) is 1. The van der Waals surface area contributed by atoms with Crippen LogP contribution in [0.4, 0.5) is 0 Å². The molecule has 0 saturated heterocycles. The first-order valence-corrected chi connectivity index (χ1v) is 8.62. The fraction of sp³-hybridized carbons (Fsp3) is 0.261. The first-order chi connectivity index (χ1) is 11.7. The van der Waals surface area contributed by atoms with Crippen LogP contribution in [0, 0.1) is 6.92 Å². The Morgan fingerprint density at radius 3 is 2.25 bits per heavy atom. The number of rotatable bonds is 6. The van der Waals surface area contributed by atoms with Gasteiger partial charge in [-0.15, -0.1) is 0 Å². The molecule has 0 bridgehead atoms. The molecule has 1 nitrogen and oxygen atoms in total. The van der Waals surface area contributed by atoms with Gasteiger partial charge >= 0.3 is 0 Å². The van der Waals surface area contributed by atoms with Crippen LogP contribution in [0.15, 0.2) is 83.4 Å². The van der Waals surface area contributed by atoms with Gasteiger partial charge < -0.3 is 0 Å². The van der Waals surface area contributed by atoms with Crippen molar-refractivity contribution in [2.24, 2.45) is 4.99 Å². The van der Waals surface area contributed by atoms with Crippen molar-refractivity contribution in [3.8, 4) is 0 Å². The Labute approximate surface area is 146 Å². The van der Waals surface area contributed by atoms with Crippen molar-refractivity contribution < 1.29 is 0 Å². The van der Waals surface area contributed by atoms with Crippen LogP contribution in [0.2, 0.25) is 0 Å². The van der Waals surface area contributed by atoms with E-state index in [-0.39, 0.29) is 6.04 Å². The van der Waals surface area contributed by atoms with Crippen LogP contribution in [-0.2, 0) is 0 Å². The summed E-state index contributed by atoms with van der Waals surface area (Å²) in [6.07, 6.45) is 7.36. The Morgan fingerprint density at radius 1 is 1.00 bits per heavy atom. The first kappa shape index (κ1) is 17.9. The molecule has 0 aliphatic heterocycles. The number of aliphatic imine (C=N–C) groups is 1. The SMILES string of the molecule is C/C=C/C/C(=C\C)C(=NC(C)c1ccccc1)c1ccc(C)cc1. The highest BCUT2D eigenvalue weighted by Gasteiger charge is 2.11. The minimum Gasteiger partial charge on any atom is -0.277 e. The maximum absolute atomic E-state index is 5.09. The number of aryl methyl sites for hydroxylation is 1. The second-order valence-corrected chi connectivity index (χ2v) is 6.02. The Kier molecular flexibility index (Phi) is 6.74. The highest BCUT2D eigenvalue weighted by molar-refractivity contribution is 6.12. The summed E-state index contributed by atoms with van der Waals surface area (Å²) in [6, 6.07) is 19.3. The van der Waals surface area contributed by atoms with Crippen molar-refractivity contribution in [1.29, 1.82) is 0 Å². The van der Waals surface area contributed by atoms with E-state index >= 15 is 0 Å². The van der Waals surface area contributed by atoms with Crippen LogP contribution in [0.3, 0.4) is 0 Å². The van der Waals surface area contributed by atoms with Crippen LogP contribution in [0.5, 0.6) is 0 Å². The zero-order chi connectivity index (χ0) is 17.4. The lowest BCUT2D eigenvalue weighted by Crippen LogP contribution is -2.07. The third-order valence-corrected chi connectivity index (χ3v) is 4.16. The van der Waals surface area contributed by atoms with E-state index in [1.807, 2.05) is 6.07 Å². The molecule has 0 aromatic heterocycles. The maximum Gasteiger partial charge on any atom is 0.0728 e. The van der Waals surface area contributed by atoms with Gasteiger partial charge in [-0.05, 0) is 50.8 Å². The van der Waals surface area contributed by atoms with E-state index in [1.54, 1.807) is 0 Å². The molecule has 24 heavy (non-hydrogen) atoms. The number of hydrogen-bond acceptors (Lipinski definition) is 1. The Hall–Kier alpha value is -2.41. The van der Waals surface area contributed by atoms with Gasteiger partial charge in [0, 0.05) is 0 Å². The predicted molar refractivity (Wildman–Crippen MR) is 106 cm³/mol. The zero-order valence-corrected chi connectivity index (χ0v) is 15.2. The molecule has 0 radical (unpaired) electrons. The number of hydrogen-bond donors (Lipinski definition) is 0. The Balaban J connectivity index is 2.45. The van der Waals surface area contributed by atoms with Gasteiger partial charge in [0.25, 0.3) is 0 Å². The van der Waals surface area contributed by atoms with E-state index in [0.717, 1.165) is 12.1 Å². The molecule has 0 fully saturated rings. The fourth-order valence-corrected chi connectivity index (χ4v) is 2.65. The van der Waals surface area contributed by atoms with E-state index in [4.69, 9.17) is 4.99 Å². The van der Waals surface area contributed by atoms with Gasteiger partial charge in [0.2, 0.25) is 0 Å². The highest BCUT2D eigenvalue weighted by atomic mass is 14.8. The zero-order valence-electron chi connectivity index (χ0n) is 15.2. The molecule has 0 heterocycles. The second kappa shape index (κ2) is 9.02. The van der Waals surface area contributed by atoms with Crippen LogP contribution in [-0.4, -0.2) is 5.71 Å². The lowest BCUT2D eigenvalue weighted by atomic mass is 9.97. The minimum absolute atomic E-state index is 0.128. The topological polar surface area (TPSA) is 12.4 Å². The van der Waals surface area contributed by atoms with E-state index in [2.05, 4.69) is 94.5 Å². The molecular weight excluding hydrogens is 290 g/mol. The van der Waals surface area contributed by atoms with Crippen molar-refractivity contribution in [2.75, 3.05) is 0 Å². The van der Waals surface area contributed by atoms with Gasteiger partial charge in [-0.2, -0.15) is 0 Å². The fourth-order valence-electron chi connectivity index (χ4n) is 2.65. The normalized spacial score (nSPS) is 14.2. The summed E-state index contributed by atoms with van der Waals surface area (Å²) >= 11 is 0. The molecule has 1 unspecified atom stereocenters. The molecule has 0 amide bonds. The summed E-state index contributed by atoms with van der Waals surface area (Å²) in [5.41, 5.74) is 6.04. The van der Waals surface area contributed by atoms with Crippen LogP contribution in [0.1, 0.15) is 49.9 Å². The monoisotopic (exact) mass is 317 g/mol. The molecule has 0 aliphatic carbocycles. The molecule has 2 aromatic rings. The van der Waals surface area contributed by atoms with E-state index in [0.29, 0.717) is 0 Å². The smallest absolute Gasteiger partial charge is 0.0728 e. The third kappa shape index (κ3) is 4.79. The summed E-state index contributed by atoms with van der Waals surface area (Å²) in [7, 11) is 0. The molecule has 2 rings (SSSR count). The van der Waals surface area contributed by atoms with Crippen molar-refractivity contribution in [1.82, 2.24) is 0 Å². The molecule has 0 spiro atoms. The largest absolute Gasteiger partial charge is 0.277 e. The lowest BCUT2D eigenvalue weighted by molar-refractivity contribution is 0.819. The third-order valence-electron chi connectivity index (χ3n) is 4.16. The van der Waals surface area contributed by atoms with Crippen molar-refractivity contribution in [3.05, 3.63) is 95.1 Å². The van der Waals surface area contributed by atoms with E-state index < -0.39 is 0 Å².